The minimum absolute atomic E-state index is 0.207. The fourth-order valence-corrected chi connectivity index (χ4v) is 2.31. The van der Waals surface area contributed by atoms with Gasteiger partial charge in [0, 0.05) is 19.9 Å². The number of aromatic nitrogens is 5. The summed E-state index contributed by atoms with van der Waals surface area (Å²) >= 11 is 0. The Labute approximate surface area is 105 Å². The predicted octanol–water partition coefficient (Wildman–Crippen LogP) is 0.440. The van der Waals surface area contributed by atoms with Gasteiger partial charge >= 0.3 is 0 Å². The number of nitrogens with zero attached hydrogens (tertiary/aromatic N) is 5. The summed E-state index contributed by atoms with van der Waals surface area (Å²) in [7, 11) is 1.87. The van der Waals surface area contributed by atoms with Crippen molar-refractivity contribution in [3.05, 3.63) is 12.3 Å². The third kappa shape index (κ3) is 1.86. The minimum Gasteiger partial charge on any atom is -0.380 e. The Morgan fingerprint density at radius 1 is 1.56 bits per heavy atom. The summed E-state index contributed by atoms with van der Waals surface area (Å²) in [5.41, 5.74) is 7.62. The highest BCUT2D eigenvalue weighted by Crippen LogP contribution is 2.24. The Kier molecular flexibility index (Phi) is 2.75. The molecule has 2 N–H and O–H groups in total. The first-order chi connectivity index (χ1) is 8.75. The Bertz CT molecular complexity index is 539. The lowest BCUT2D eigenvalue weighted by Gasteiger charge is -2.11. The van der Waals surface area contributed by atoms with Crippen LogP contribution in [0.15, 0.2) is 12.3 Å². The maximum Gasteiger partial charge on any atom is 0.175 e. The van der Waals surface area contributed by atoms with Crippen LogP contribution in [0.3, 0.4) is 0 Å². The van der Waals surface area contributed by atoms with E-state index in [-0.39, 0.29) is 6.10 Å². The van der Waals surface area contributed by atoms with Crippen molar-refractivity contribution in [2.75, 3.05) is 12.3 Å². The van der Waals surface area contributed by atoms with Gasteiger partial charge in [-0.2, -0.15) is 5.10 Å². The summed E-state index contributed by atoms with van der Waals surface area (Å²) in [5, 5.41) is 12.2. The second kappa shape index (κ2) is 4.41. The molecule has 0 spiro atoms. The van der Waals surface area contributed by atoms with E-state index in [2.05, 4.69) is 15.4 Å². The van der Waals surface area contributed by atoms with Gasteiger partial charge in [-0.3, -0.25) is 4.68 Å². The van der Waals surface area contributed by atoms with E-state index in [9.17, 15) is 0 Å². The fraction of sp³-hybridized carbons (Fsp3) is 0.545. The van der Waals surface area contributed by atoms with E-state index in [0.29, 0.717) is 12.4 Å². The van der Waals surface area contributed by atoms with Crippen LogP contribution in [0.1, 0.15) is 12.8 Å². The largest absolute Gasteiger partial charge is 0.380 e. The zero-order chi connectivity index (χ0) is 12.5. The maximum absolute atomic E-state index is 5.90. The van der Waals surface area contributed by atoms with Gasteiger partial charge in [-0.25, -0.2) is 4.68 Å². The summed E-state index contributed by atoms with van der Waals surface area (Å²) in [6.45, 7) is 1.51. The number of ether oxygens (including phenoxy) is 1. The number of nitrogen functional groups attached to an aromatic ring is 1. The van der Waals surface area contributed by atoms with Crippen LogP contribution in [0.2, 0.25) is 0 Å². The molecule has 7 nitrogen and oxygen atoms in total. The molecule has 1 aliphatic heterocycles. The van der Waals surface area contributed by atoms with E-state index in [1.807, 2.05) is 17.8 Å². The van der Waals surface area contributed by atoms with E-state index in [1.54, 1.807) is 10.9 Å². The molecule has 7 heteroatoms. The molecule has 1 fully saturated rings. The standard InChI is InChI=1S/C11H16N6O/c1-16-9(4-5-13-16)10-11(12)14-15-17(10)7-8-3-2-6-18-8/h4-5,8H,2-3,6-7,12H2,1H3/t8-/m0/s1. The van der Waals surface area contributed by atoms with Crippen LogP contribution in [-0.2, 0) is 18.3 Å². The van der Waals surface area contributed by atoms with Gasteiger partial charge in [-0.15, -0.1) is 5.10 Å². The molecule has 0 unspecified atom stereocenters. The maximum atomic E-state index is 5.90. The van der Waals surface area contributed by atoms with Gasteiger partial charge in [0.2, 0.25) is 0 Å². The van der Waals surface area contributed by atoms with Crippen LogP contribution in [0.5, 0.6) is 0 Å². The molecule has 0 aliphatic carbocycles. The van der Waals surface area contributed by atoms with Crippen molar-refractivity contribution < 1.29 is 4.74 Å². The van der Waals surface area contributed by atoms with E-state index in [0.717, 1.165) is 30.8 Å². The van der Waals surface area contributed by atoms with Crippen LogP contribution < -0.4 is 5.73 Å². The van der Waals surface area contributed by atoms with E-state index in [1.165, 1.54) is 0 Å². The fourth-order valence-electron chi connectivity index (χ4n) is 2.31. The molecule has 0 saturated carbocycles. The van der Waals surface area contributed by atoms with Crippen molar-refractivity contribution in [3.63, 3.8) is 0 Å². The number of aryl methyl sites for hydroxylation is 1. The number of hydrogen-bond donors (Lipinski definition) is 1. The van der Waals surface area contributed by atoms with Crippen molar-refractivity contribution in [2.24, 2.45) is 7.05 Å². The summed E-state index contributed by atoms with van der Waals surface area (Å²) < 4.78 is 9.19. The van der Waals surface area contributed by atoms with Gasteiger partial charge in [0.05, 0.1) is 18.3 Å². The Hall–Kier alpha value is -1.89. The first-order valence-corrected chi connectivity index (χ1v) is 6.04. The van der Waals surface area contributed by atoms with Crippen LogP contribution >= 0.6 is 0 Å². The highest BCUT2D eigenvalue weighted by molar-refractivity contribution is 5.66. The van der Waals surface area contributed by atoms with Crippen LogP contribution in [0.4, 0.5) is 5.82 Å². The lowest BCUT2D eigenvalue weighted by Crippen LogP contribution is -2.17. The van der Waals surface area contributed by atoms with Crippen LogP contribution in [0.25, 0.3) is 11.4 Å². The topological polar surface area (TPSA) is 83.8 Å². The molecule has 0 radical (unpaired) electrons. The zero-order valence-corrected chi connectivity index (χ0v) is 10.3. The summed E-state index contributed by atoms with van der Waals surface area (Å²) in [4.78, 5) is 0. The molecule has 0 bridgehead atoms. The summed E-state index contributed by atoms with van der Waals surface area (Å²) in [5.74, 6) is 0.427. The molecule has 2 aromatic heterocycles. The third-order valence-electron chi connectivity index (χ3n) is 3.23. The minimum atomic E-state index is 0.207. The number of anilines is 1. The molecule has 1 saturated heterocycles. The smallest absolute Gasteiger partial charge is 0.175 e. The molecule has 2 aromatic rings. The summed E-state index contributed by atoms with van der Waals surface area (Å²) in [6, 6.07) is 1.90. The van der Waals surface area contributed by atoms with Gasteiger partial charge in [-0.05, 0) is 18.9 Å². The van der Waals surface area contributed by atoms with Gasteiger partial charge in [-0.1, -0.05) is 5.21 Å². The van der Waals surface area contributed by atoms with Gasteiger partial charge < -0.3 is 10.5 Å². The van der Waals surface area contributed by atoms with Gasteiger partial charge in [0.15, 0.2) is 5.82 Å². The molecule has 96 valence electrons. The molecule has 0 aromatic carbocycles. The first kappa shape index (κ1) is 11.2. The SMILES string of the molecule is Cn1nccc1-c1c(N)nnn1C[C@@H]1CCCO1. The average molecular weight is 248 g/mol. The number of hydrogen-bond acceptors (Lipinski definition) is 5. The van der Waals surface area contributed by atoms with Gasteiger partial charge in [0.1, 0.15) is 5.69 Å². The highest BCUT2D eigenvalue weighted by Gasteiger charge is 2.21. The molecule has 3 rings (SSSR count). The first-order valence-electron chi connectivity index (χ1n) is 6.04. The van der Waals surface area contributed by atoms with Crippen molar-refractivity contribution in [3.8, 4) is 11.4 Å². The van der Waals surface area contributed by atoms with E-state index in [4.69, 9.17) is 10.5 Å². The van der Waals surface area contributed by atoms with Crippen molar-refractivity contribution >= 4 is 5.82 Å². The van der Waals surface area contributed by atoms with Gasteiger partial charge in [0.25, 0.3) is 0 Å². The molecule has 1 atom stereocenters. The quantitative estimate of drug-likeness (QED) is 0.852. The molecular formula is C11H16N6O. The molecular weight excluding hydrogens is 232 g/mol. The summed E-state index contributed by atoms with van der Waals surface area (Å²) in [6.07, 6.45) is 4.11. The average Bonchev–Trinajstić information content (AvgIpc) is 3.04. The lowest BCUT2D eigenvalue weighted by molar-refractivity contribution is 0.0939. The Balaban J connectivity index is 1.93. The second-order valence-corrected chi connectivity index (χ2v) is 4.48. The Morgan fingerprint density at radius 3 is 3.11 bits per heavy atom. The van der Waals surface area contributed by atoms with E-state index >= 15 is 0 Å². The number of rotatable bonds is 3. The Morgan fingerprint density at radius 2 is 2.44 bits per heavy atom. The zero-order valence-electron chi connectivity index (χ0n) is 10.3. The van der Waals surface area contributed by atoms with Crippen LogP contribution in [-0.4, -0.2) is 37.5 Å². The molecule has 1 aliphatic rings. The van der Waals surface area contributed by atoms with Crippen molar-refractivity contribution in [1.82, 2.24) is 24.8 Å². The van der Waals surface area contributed by atoms with Crippen LogP contribution in [0, 0.1) is 0 Å². The normalized spacial score (nSPS) is 19.5. The molecule has 18 heavy (non-hydrogen) atoms. The van der Waals surface area contributed by atoms with Crippen molar-refractivity contribution in [2.45, 2.75) is 25.5 Å². The predicted molar refractivity (Wildman–Crippen MR) is 65.6 cm³/mol. The monoisotopic (exact) mass is 248 g/mol. The number of nitrogens with two attached hydrogens (primary N) is 1. The lowest BCUT2D eigenvalue weighted by atomic mass is 10.2. The molecule has 3 heterocycles. The second-order valence-electron chi connectivity index (χ2n) is 4.48. The van der Waals surface area contributed by atoms with Crippen molar-refractivity contribution in [1.29, 1.82) is 0 Å². The van der Waals surface area contributed by atoms with E-state index < -0.39 is 0 Å². The third-order valence-corrected chi connectivity index (χ3v) is 3.23. The molecule has 0 amide bonds. The highest BCUT2D eigenvalue weighted by atomic mass is 16.5.